The number of alkyl halides is 3. The van der Waals surface area contributed by atoms with Crippen LogP contribution in [0.5, 0.6) is 0 Å². The van der Waals surface area contributed by atoms with Gasteiger partial charge in [-0.05, 0) is 35.9 Å². The maximum absolute atomic E-state index is 12.9. The van der Waals surface area contributed by atoms with Crippen LogP contribution in [-0.2, 0) is 15.8 Å². The first kappa shape index (κ1) is 20.2. The Balaban J connectivity index is 1.97. The predicted molar refractivity (Wildman–Crippen MR) is 93.1 cm³/mol. The van der Waals surface area contributed by atoms with E-state index in [2.05, 4.69) is 5.32 Å². The third-order valence-corrected chi connectivity index (χ3v) is 3.55. The van der Waals surface area contributed by atoms with Crippen molar-refractivity contribution in [2.24, 2.45) is 0 Å². The smallest absolute Gasteiger partial charge is 0.333 e. The standard InChI is InChI=1S/C19H16F4N2O2/c1-25(18(27)11-8-13-6-9-14(20)10-7-13)12-17(26)24-16-5-3-2-4-15(16)19(21,22)23/h2-11H,12H2,1H3,(H,24,26). The van der Waals surface area contributed by atoms with Crippen LogP contribution in [-0.4, -0.2) is 30.3 Å². The van der Waals surface area contributed by atoms with Crippen LogP contribution in [0.25, 0.3) is 6.08 Å². The molecule has 2 aromatic rings. The van der Waals surface area contributed by atoms with E-state index in [1.807, 2.05) is 0 Å². The van der Waals surface area contributed by atoms with Crippen LogP contribution < -0.4 is 5.32 Å². The number of likely N-dealkylation sites (N-methyl/N-ethyl adjacent to an activating group) is 1. The number of hydrogen-bond donors (Lipinski definition) is 1. The van der Waals surface area contributed by atoms with Gasteiger partial charge in [0.05, 0.1) is 17.8 Å². The number of amides is 2. The van der Waals surface area contributed by atoms with Crippen LogP contribution in [0.1, 0.15) is 11.1 Å². The van der Waals surface area contributed by atoms with Gasteiger partial charge in [-0.1, -0.05) is 24.3 Å². The molecule has 0 saturated carbocycles. The molecule has 0 aromatic heterocycles. The maximum atomic E-state index is 12.9. The van der Waals surface area contributed by atoms with Crippen LogP contribution in [0.3, 0.4) is 0 Å². The topological polar surface area (TPSA) is 49.4 Å². The van der Waals surface area contributed by atoms with E-state index >= 15 is 0 Å². The molecule has 2 amide bonds. The van der Waals surface area contributed by atoms with Crippen molar-refractivity contribution in [1.82, 2.24) is 4.90 Å². The van der Waals surface area contributed by atoms with Crippen LogP contribution in [0, 0.1) is 5.82 Å². The quantitative estimate of drug-likeness (QED) is 0.631. The summed E-state index contributed by atoms with van der Waals surface area (Å²) in [5.41, 5.74) is -0.761. The molecule has 2 aromatic carbocycles. The second-order valence-electron chi connectivity index (χ2n) is 5.67. The first-order valence-electron chi connectivity index (χ1n) is 7.81. The molecule has 1 N–H and O–H groups in total. The number of rotatable bonds is 5. The number of para-hydroxylation sites is 1. The summed E-state index contributed by atoms with van der Waals surface area (Å²) in [6.45, 7) is -0.432. The molecule has 0 radical (unpaired) electrons. The highest BCUT2D eigenvalue weighted by Crippen LogP contribution is 2.34. The Morgan fingerprint density at radius 3 is 2.33 bits per heavy atom. The second kappa shape index (κ2) is 8.48. The zero-order valence-electron chi connectivity index (χ0n) is 14.3. The normalized spacial score (nSPS) is 11.4. The highest BCUT2D eigenvalue weighted by Gasteiger charge is 2.33. The Morgan fingerprint density at radius 2 is 1.70 bits per heavy atom. The molecule has 27 heavy (non-hydrogen) atoms. The number of nitrogens with zero attached hydrogens (tertiary/aromatic N) is 1. The number of benzene rings is 2. The van der Waals surface area contributed by atoms with E-state index in [9.17, 15) is 27.2 Å². The molecule has 4 nitrogen and oxygen atoms in total. The fraction of sp³-hybridized carbons (Fsp3) is 0.158. The molecule has 0 fully saturated rings. The van der Waals surface area contributed by atoms with Crippen LogP contribution >= 0.6 is 0 Å². The fourth-order valence-corrected chi connectivity index (χ4v) is 2.19. The van der Waals surface area contributed by atoms with Crippen molar-refractivity contribution in [3.05, 3.63) is 71.6 Å². The largest absolute Gasteiger partial charge is 0.418 e. The molecule has 0 aliphatic rings. The number of nitrogens with one attached hydrogen (secondary N) is 1. The zero-order valence-corrected chi connectivity index (χ0v) is 14.3. The minimum absolute atomic E-state index is 0.377. The van der Waals surface area contributed by atoms with Gasteiger partial charge in [-0.15, -0.1) is 0 Å². The van der Waals surface area contributed by atoms with Crippen molar-refractivity contribution >= 4 is 23.6 Å². The maximum Gasteiger partial charge on any atom is 0.418 e. The summed E-state index contributed by atoms with van der Waals surface area (Å²) < 4.78 is 51.6. The fourth-order valence-electron chi connectivity index (χ4n) is 2.19. The van der Waals surface area contributed by atoms with Gasteiger partial charge in [-0.25, -0.2) is 4.39 Å². The Morgan fingerprint density at radius 1 is 1.07 bits per heavy atom. The number of halogens is 4. The molecular formula is C19H16F4N2O2. The van der Waals surface area contributed by atoms with Crippen molar-refractivity contribution in [2.75, 3.05) is 18.9 Å². The molecule has 0 spiro atoms. The first-order chi connectivity index (χ1) is 12.7. The monoisotopic (exact) mass is 380 g/mol. The van der Waals surface area contributed by atoms with Gasteiger partial charge in [0.1, 0.15) is 5.82 Å². The number of anilines is 1. The Kier molecular flexibility index (Phi) is 6.33. The Hall–Kier alpha value is -3.16. The lowest BCUT2D eigenvalue weighted by atomic mass is 10.1. The highest BCUT2D eigenvalue weighted by molar-refractivity contribution is 5.98. The van der Waals surface area contributed by atoms with E-state index in [1.165, 1.54) is 55.6 Å². The lowest BCUT2D eigenvalue weighted by molar-refractivity contribution is -0.137. The number of hydrogen-bond acceptors (Lipinski definition) is 2. The van der Waals surface area contributed by atoms with Crippen molar-refractivity contribution < 1.29 is 27.2 Å². The molecule has 0 unspecified atom stereocenters. The van der Waals surface area contributed by atoms with Gasteiger partial charge in [0.2, 0.25) is 11.8 Å². The first-order valence-corrected chi connectivity index (χ1v) is 7.81. The van der Waals surface area contributed by atoms with E-state index < -0.39 is 35.9 Å². The van der Waals surface area contributed by atoms with Crippen LogP contribution in [0.15, 0.2) is 54.6 Å². The second-order valence-corrected chi connectivity index (χ2v) is 5.67. The molecule has 0 bridgehead atoms. The Labute approximate surface area is 153 Å². The van der Waals surface area contributed by atoms with Crippen molar-refractivity contribution in [3.8, 4) is 0 Å². The molecule has 0 atom stereocenters. The summed E-state index contributed by atoms with van der Waals surface area (Å²) in [5.74, 6) is -1.71. The van der Waals surface area contributed by atoms with E-state index in [-0.39, 0.29) is 5.69 Å². The van der Waals surface area contributed by atoms with E-state index in [1.54, 1.807) is 0 Å². The average Bonchev–Trinajstić information content (AvgIpc) is 2.60. The van der Waals surface area contributed by atoms with Gasteiger partial charge in [-0.3, -0.25) is 9.59 Å². The summed E-state index contributed by atoms with van der Waals surface area (Å²) in [6, 6.07) is 9.99. The zero-order chi connectivity index (χ0) is 20.0. The van der Waals surface area contributed by atoms with E-state index in [0.717, 1.165) is 17.0 Å². The average molecular weight is 380 g/mol. The molecular weight excluding hydrogens is 364 g/mol. The van der Waals surface area contributed by atoms with E-state index in [4.69, 9.17) is 0 Å². The molecule has 2 rings (SSSR count). The van der Waals surface area contributed by atoms with Gasteiger partial charge < -0.3 is 10.2 Å². The van der Waals surface area contributed by atoms with Gasteiger partial charge in [0.15, 0.2) is 0 Å². The van der Waals surface area contributed by atoms with Gasteiger partial charge in [0.25, 0.3) is 0 Å². The molecule has 8 heteroatoms. The minimum atomic E-state index is -4.61. The predicted octanol–water partition coefficient (Wildman–Crippen LogP) is 3.95. The van der Waals surface area contributed by atoms with E-state index in [0.29, 0.717) is 5.56 Å². The lowest BCUT2D eigenvalue weighted by Gasteiger charge is -2.17. The number of carbonyl (C=O) groups is 2. The third kappa shape index (κ3) is 5.95. The summed E-state index contributed by atoms with van der Waals surface area (Å²) in [7, 11) is 1.34. The van der Waals surface area contributed by atoms with Crippen molar-refractivity contribution in [1.29, 1.82) is 0 Å². The Bertz CT molecular complexity index is 846. The molecule has 142 valence electrons. The van der Waals surface area contributed by atoms with Gasteiger partial charge in [-0.2, -0.15) is 13.2 Å². The summed E-state index contributed by atoms with van der Waals surface area (Å²) in [6.07, 6.45) is -1.98. The molecule has 0 aliphatic carbocycles. The van der Waals surface area contributed by atoms with Gasteiger partial charge >= 0.3 is 6.18 Å². The van der Waals surface area contributed by atoms with Gasteiger partial charge in [0, 0.05) is 13.1 Å². The molecule has 0 heterocycles. The molecule has 0 saturated heterocycles. The summed E-state index contributed by atoms with van der Waals surface area (Å²) >= 11 is 0. The summed E-state index contributed by atoms with van der Waals surface area (Å²) in [5, 5.41) is 2.16. The van der Waals surface area contributed by atoms with Crippen molar-refractivity contribution in [2.45, 2.75) is 6.18 Å². The summed E-state index contributed by atoms with van der Waals surface area (Å²) in [4.78, 5) is 25.0. The molecule has 0 aliphatic heterocycles. The van der Waals surface area contributed by atoms with Crippen LogP contribution in [0.4, 0.5) is 23.2 Å². The minimum Gasteiger partial charge on any atom is -0.333 e. The highest BCUT2D eigenvalue weighted by atomic mass is 19.4. The lowest BCUT2D eigenvalue weighted by Crippen LogP contribution is -2.34. The van der Waals surface area contributed by atoms with Crippen LogP contribution in [0.2, 0.25) is 0 Å². The SMILES string of the molecule is CN(CC(=O)Nc1ccccc1C(F)(F)F)C(=O)C=Cc1ccc(F)cc1. The van der Waals surface area contributed by atoms with Crippen molar-refractivity contribution in [3.63, 3.8) is 0 Å². The number of carbonyl (C=O) groups excluding carboxylic acids is 2. The third-order valence-electron chi connectivity index (χ3n) is 3.55.